The lowest BCUT2D eigenvalue weighted by Crippen LogP contribution is -2.20. The Morgan fingerprint density at radius 3 is 1.58 bits per heavy atom. The number of phenols is 1. The van der Waals surface area contributed by atoms with Gasteiger partial charge in [0.2, 0.25) is 24.6 Å². The largest absolute Gasteiger partial charge is 0.508 e. The summed E-state index contributed by atoms with van der Waals surface area (Å²) < 4.78 is 59.9. The van der Waals surface area contributed by atoms with Crippen molar-refractivity contribution in [1.29, 1.82) is 0 Å². The zero-order valence-corrected chi connectivity index (χ0v) is 32.1. The van der Waals surface area contributed by atoms with Gasteiger partial charge in [0.05, 0.1) is 22.1 Å². The quantitative estimate of drug-likeness (QED) is 0.105. The van der Waals surface area contributed by atoms with E-state index in [9.17, 15) is 32.4 Å². The molecule has 0 aliphatic heterocycles. The number of rotatable bonds is 12. The zero-order chi connectivity index (χ0) is 38.0. The molecule has 2 unspecified atom stereocenters. The lowest BCUT2D eigenvalue weighted by Gasteiger charge is -2.29. The average molecular weight is 767 g/mol. The van der Waals surface area contributed by atoms with Gasteiger partial charge in [-0.1, -0.05) is 80.6 Å². The predicted octanol–water partition coefficient (Wildman–Crippen LogP) is 8.84. The van der Waals surface area contributed by atoms with Crippen LogP contribution in [0.4, 0.5) is 0 Å². The van der Waals surface area contributed by atoms with Crippen LogP contribution >= 0.6 is 14.7 Å². The Balaban J connectivity index is 1.34. The Morgan fingerprint density at radius 2 is 1.06 bits per heavy atom. The SMILES string of the molecule is Cc1ccc(C(C)(C)c2ccc(Oc3ccc(S(=O)(=O)c4ccc(O)cc4)cc3)c(CP(=O)(O)c3ccccc3)c2)cc1CP(=O)(O)c1ccccc1. The fourth-order valence-corrected chi connectivity index (χ4v) is 10.5. The Kier molecular flexibility index (Phi) is 10.7. The van der Waals surface area contributed by atoms with Crippen LogP contribution in [-0.2, 0) is 36.7 Å². The first-order chi connectivity index (χ1) is 25.1. The molecule has 8 nitrogen and oxygen atoms in total. The summed E-state index contributed by atoms with van der Waals surface area (Å²) in [5.74, 6) is 0.612. The van der Waals surface area contributed by atoms with Crippen molar-refractivity contribution in [3.63, 3.8) is 0 Å². The van der Waals surface area contributed by atoms with Gasteiger partial charge >= 0.3 is 0 Å². The second-order valence-corrected chi connectivity index (χ2v) is 20.0. The normalized spacial score (nSPS) is 14.2. The van der Waals surface area contributed by atoms with Crippen molar-refractivity contribution >= 4 is 35.2 Å². The first kappa shape index (κ1) is 38.0. The van der Waals surface area contributed by atoms with Crippen LogP contribution in [0.1, 0.15) is 41.7 Å². The van der Waals surface area contributed by atoms with Crippen LogP contribution in [0.25, 0.3) is 0 Å². The van der Waals surface area contributed by atoms with E-state index in [2.05, 4.69) is 0 Å². The summed E-state index contributed by atoms with van der Waals surface area (Å²) in [5, 5.41) is 10.3. The van der Waals surface area contributed by atoms with E-state index in [1.807, 2.05) is 57.2 Å². The maximum Gasteiger partial charge on any atom is 0.234 e. The van der Waals surface area contributed by atoms with Crippen molar-refractivity contribution in [1.82, 2.24) is 0 Å². The van der Waals surface area contributed by atoms with Crippen LogP contribution in [0, 0.1) is 6.92 Å². The molecule has 3 N–H and O–H groups in total. The molecule has 6 aromatic carbocycles. The van der Waals surface area contributed by atoms with E-state index in [0.717, 1.165) is 22.3 Å². The van der Waals surface area contributed by atoms with E-state index >= 15 is 0 Å². The molecule has 0 bridgehead atoms. The molecule has 6 aromatic rings. The molecule has 2 atom stereocenters. The van der Waals surface area contributed by atoms with Gasteiger partial charge in [-0.3, -0.25) is 9.13 Å². The third-order valence-electron chi connectivity index (χ3n) is 9.45. The van der Waals surface area contributed by atoms with Gasteiger partial charge in [-0.05, 0) is 108 Å². The lowest BCUT2D eigenvalue weighted by atomic mass is 9.77. The maximum absolute atomic E-state index is 13.8. The molecule has 0 fully saturated rings. The van der Waals surface area contributed by atoms with E-state index in [0.29, 0.717) is 27.7 Å². The lowest BCUT2D eigenvalue weighted by molar-refractivity contribution is 0.469. The van der Waals surface area contributed by atoms with E-state index < -0.39 is 30.0 Å². The van der Waals surface area contributed by atoms with Gasteiger partial charge in [0.25, 0.3) is 0 Å². The molecule has 0 saturated carbocycles. The molecule has 0 radical (unpaired) electrons. The molecule has 0 aliphatic carbocycles. The number of benzene rings is 6. The van der Waals surface area contributed by atoms with E-state index in [-0.39, 0.29) is 27.9 Å². The first-order valence-corrected chi connectivity index (χ1v) is 22.0. The van der Waals surface area contributed by atoms with Crippen molar-refractivity contribution in [2.45, 2.75) is 48.3 Å². The summed E-state index contributed by atoms with van der Waals surface area (Å²) in [6, 6.07) is 39.6. The molecular formula is C42H40O8P2S. The summed E-state index contributed by atoms with van der Waals surface area (Å²) in [7, 11) is -11.5. The number of aryl methyl sites for hydroxylation is 1. The van der Waals surface area contributed by atoms with E-state index in [4.69, 9.17) is 4.74 Å². The van der Waals surface area contributed by atoms with Crippen molar-refractivity contribution < 1.29 is 37.2 Å². The molecule has 0 saturated heterocycles. The smallest absolute Gasteiger partial charge is 0.234 e. The minimum atomic E-state index is -3.91. The Hall–Kier alpha value is -4.75. The van der Waals surface area contributed by atoms with Gasteiger partial charge in [-0.15, -0.1) is 0 Å². The number of ether oxygens (including phenoxy) is 1. The maximum atomic E-state index is 13.8. The van der Waals surface area contributed by atoms with Crippen molar-refractivity contribution in [3.05, 3.63) is 173 Å². The summed E-state index contributed by atoms with van der Waals surface area (Å²) in [6.45, 7) is 5.97. The van der Waals surface area contributed by atoms with Gasteiger partial charge in [-0.2, -0.15) is 0 Å². The summed E-state index contributed by atoms with van der Waals surface area (Å²) in [4.78, 5) is 22.4. The van der Waals surface area contributed by atoms with Crippen LogP contribution in [0.15, 0.2) is 155 Å². The number of sulfone groups is 1. The molecular weight excluding hydrogens is 726 g/mol. The Labute approximate surface area is 310 Å². The standard InChI is InChI=1S/C42H40O8P2S/c1-30-14-15-33(26-31(30)28-51(44,45)37-10-6-4-7-11-37)42(2,3)34-16-25-41(32(27-34)29-52(46,47)38-12-8-5-9-13-38)50-36-19-23-40(24-20-36)53(48,49)39-21-17-35(43)18-22-39/h4-27,43H,28-29H2,1-3H3,(H,44,45)(H,46,47). The summed E-state index contributed by atoms with van der Waals surface area (Å²) in [6.07, 6.45) is -0.252. The fraction of sp³-hybridized carbons (Fsp3) is 0.143. The Morgan fingerprint density at radius 1 is 0.604 bits per heavy atom. The summed E-state index contributed by atoms with van der Waals surface area (Å²) in [5.41, 5.74) is 3.20. The van der Waals surface area contributed by atoms with Crippen molar-refractivity contribution in [2.24, 2.45) is 0 Å². The minimum Gasteiger partial charge on any atom is -0.508 e. The molecule has 53 heavy (non-hydrogen) atoms. The second kappa shape index (κ2) is 14.9. The zero-order valence-electron chi connectivity index (χ0n) is 29.5. The number of aromatic hydroxyl groups is 1. The van der Waals surface area contributed by atoms with Gasteiger partial charge < -0.3 is 19.6 Å². The highest BCUT2D eigenvalue weighted by Crippen LogP contribution is 2.48. The van der Waals surface area contributed by atoms with Crippen LogP contribution in [0.3, 0.4) is 0 Å². The molecule has 0 amide bonds. The molecule has 0 aliphatic rings. The fourth-order valence-electron chi connectivity index (χ4n) is 6.13. The van der Waals surface area contributed by atoms with Gasteiger partial charge in [0.1, 0.15) is 17.2 Å². The average Bonchev–Trinajstić information content (AvgIpc) is 3.14. The third kappa shape index (κ3) is 8.41. The molecule has 0 spiro atoms. The molecule has 11 heteroatoms. The molecule has 6 rings (SSSR count). The van der Waals surface area contributed by atoms with Gasteiger partial charge in [0, 0.05) is 21.6 Å². The number of hydrogen-bond acceptors (Lipinski definition) is 6. The highest BCUT2D eigenvalue weighted by molar-refractivity contribution is 7.91. The van der Waals surface area contributed by atoms with Crippen LogP contribution in [0.5, 0.6) is 17.2 Å². The van der Waals surface area contributed by atoms with E-state index in [1.54, 1.807) is 60.7 Å². The molecule has 272 valence electrons. The highest BCUT2D eigenvalue weighted by atomic mass is 32.2. The van der Waals surface area contributed by atoms with Crippen LogP contribution in [0.2, 0.25) is 0 Å². The highest BCUT2D eigenvalue weighted by Gasteiger charge is 2.30. The van der Waals surface area contributed by atoms with E-state index in [1.165, 1.54) is 48.5 Å². The minimum absolute atomic E-state index is 0.0232. The monoisotopic (exact) mass is 766 g/mol. The second-order valence-electron chi connectivity index (χ2n) is 13.6. The predicted molar refractivity (Wildman–Crippen MR) is 209 cm³/mol. The van der Waals surface area contributed by atoms with Crippen molar-refractivity contribution in [3.8, 4) is 17.2 Å². The van der Waals surface area contributed by atoms with Crippen LogP contribution in [-0.4, -0.2) is 23.3 Å². The first-order valence-electron chi connectivity index (χ1n) is 16.9. The van der Waals surface area contributed by atoms with Crippen LogP contribution < -0.4 is 15.3 Å². The third-order valence-corrected chi connectivity index (χ3v) is 15.0. The molecule has 0 aromatic heterocycles. The summed E-state index contributed by atoms with van der Waals surface area (Å²) >= 11 is 0. The number of phenolic OH excluding ortho intramolecular Hbond substituents is 1. The number of hydrogen-bond donors (Lipinski definition) is 3. The molecule has 0 heterocycles. The Bertz CT molecular complexity index is 2450. The van der Waals surface area contributed by atoms with Gasteiger partial charge in [0.15, 0.2) is 0 Å². The topological polar surface area (TPSA) is 138 Å². The van der Waals surface area contributed by atoms with Gasteiger partial charge in [-0.25, -0.2) is 8.42 Å². The van der Waals surface area contributed by atoms with Crippen molar-refractivity contribution in [2.75, 3.05) is 0 Å².